The van der Waals surface area contributed by atoms with Crippen molar-refractivity contribution in [1.82, 2.24) is 5.32 Å². The van der Waals surface area contributed by atoms with Crippen LogP contribution in [0, 0.1) is 12.8 Å². The Hall–Kier alpha value is -2.96. The van der Waals surface area contributed by atoms with Gasteiger partial charge in [-0.1, -0.05) is 0 Å². The maximum Gasteiger partial charge on any atom is 0.339 e. The number of carboxylic acids is 1. The number of rotatable bonds is 6. The molecule has 26 heavy (non-hydrogen) atoms. The van der Waals surface area contributed by atoms with E-state index < -0.39 is 5.97 Å². The van der Waals surface area contributed by atoms with Gasteiger partial charge in [0.25, 0.3) is 0 Å². The molecule has 2 N–H and O–H groups in total. The summed E-state index contributed by atoms with van der Waals surface area (Å²) in [6.45, 7) is 4.50. The van der Waals surface area contributed by atoms with Crippen molar-refractivity contribution in [3.63, 3.8) is 0 Å². The van der Waals surface area contributed by atoms with Crippen LogP contribution in [0.25, 0.3) is 0 Å². The van der Waals surface area contributed by atoms with E-state index in [4.69, 9.17) is 19.0 Å². The summed E-state index contributed by atoms with van der Waals surface area (Å²) in [6, 6.07) is 7.03. The smallest absolute Gasteiger partial charge is 0.339 e. The van der Waals surface area contributed by atoms with Crippen molar-refractivity contribution in [3.05, 3.63) is 46.9 Å². The standard InChI is InChI=1S/C19H21NO6/c1-3-24-14-4-5-17-12(7-14)6-13(10-25-17)18(21)20-9-15-8-16(19(22)23)11(2)26-15/h4-5,7-8,13H,3,6,9-10H2,1-2H3,(H,20,21)(H,22,23)/t13-/m0/s1. The first-order valence-electron chi connectivity index (χ1n) is 8.46. The molecule has 138 valence electrons. The zero-order valence-corrected chi connectivity index (χ0v) is 14.7. The van der Waals surface area contributed by atoms with Crippen molar-refractivity contribution in [2.24, 2.45) is 5.92 Å². The predicted octanol–water partition coefficient (Wildman–Crippen LogP) is 2.55. The minimum absolute atomic E-state index is 0.104. The van der Waals surface area contributed by atoms with E-state index in [1.165, 1.54) is 6.07 Å². The van der Waals surface area contributed by atoms with Crippen molar-refractivity contribution in [2.75, 3.05) is 13.2 Å². The molecule has 0 spiro atoms. The molecule has 1 aliphatic rings. The summed E-state index contributed by atoms with van der Waals surface area (Å²) in [6.07, 6.45) is 0.555. The predicted molar refractivity (Wildman–Crippen MR) is 92.6 cm³/mol. The van der Waals surface area contributed by atoms with Crippen molar-refractivity contribution in [1.29, 1.82) is 0 Å². The van der Waals surface area contributed by atoms with E-state index in [-0.39, 0.29) is 23.9 Å². The number of hydrogen-bond acceptors (Lipinski definition) is 5. The molecule has 3 rings (SSSR count). The first-order valence-corrected chi connectivity index (χ1v) is 8.46. The second-order valence-electron chi connectivity index (χ2n) is 6.12. The quantitative estimate of drug-likeness (QED) is 0.822. The molecule has 0 unspecified atom stereocenters. The van der Waals surface area contributed by atoms with Gasteiger partial charge in [-0.2, -0.15) is 0 Å². The average molecular weight is 359 g/mol. The fourth-order valence-electron chi connectivity index (χ4n) is 2.96. The Kier molecular flexibility index (Phi) is 5.16. The first-order chi connectivity index (χ1) is 12.5. The summed E-state index contributed by atoms with van der Waals surface area (Å²) < 4.78 is 16.5. The number of hydrogen-bond donors (Lipinski definition) is 2. The third-order valence-corrected chi connectivity index (χ3v) is 4.26. The van der Waals surface area contributed by atoms with Crippen LogP contribution in [0.1, 0.15) is 34.4 Å². The SMILES string of the molecule is CCOc1ccc2c(c1)C[C@H](C(=O)NCc1cc(C(=O)O)c(C)o1)CO2. The van der Waals surface area contributed by atoms with Gasteiger partial charge in [0.05, 0.1) is 19.1 Å². The molecule has 0 saturated heterocycles. The topological polar surface area (TPSA) is 98.0 Å². The van der Waals surface area contributed by atoms with Crippen molar-refractivity contribution in [2.45, 2.75) is 26.8 Å². The summed E-state index contributed by atoms with van der Waals surface area (Å²) in [5.74, 6) is 0.710. The zero-order chi connectivity index (χ0) is 18.7. The molecular weight excluding hydrogens is 338 g/mol. The third-order valence-electron chi connectivity index (χ3n) is 4.26. The highest BCUT2D eigenvalue weighted by Gasteiger charge is 2.26. The minimum Gasteiger partial charge on any atom is -0.494 e. The van der Waals surface area contributed by atoms with Crippen LogP contribution in [0.2, 0.25) is 0 Å². The molecule has 0 bridgehead atoms. The summed E-state index contributed by atoms with van der Waals surface area (Å²) in [4.78, 5) is 23.5. The van der Waals surface area contributed by atoms with Gasteiger partial charge in [-0.05, 0) is 50.1 Å². The Morgan fingerprint density at radius 2 is 2.15 bits per heavy atom. The molecule has 0 radical (unpaired) electrons. The van der Waals surface area contributed by atoms with Gasteiger partial charge < -0.3 is 24.3 Å². The molecule has 1 aromatic carbocycles. The number of nitrogens with one attached hydrogen (secondary N) is 1. The molecule has 0 saturated carbocycles. The highest BCUT2D eigenvalue weighted by Crippen LogP contribution is 2.31. The van der Waals surface area contributed by atoms with E-state index in [1.807, 2.05) is 25.1 Å². The van der Waals surface area contributed by atoms with Gasteiger partial charge in [-0.15, -0.1) is 0 Å². The van der Waals surface area contributed by atoms with Crippen LogP contribution in [0.3, 0.4) is 0 Å². The van der Waals surface area contributed by atoms with Crippen LogP contribution >= 0.6 is 0 Å². The van der Waals surface area contributed by atoms with E-state index in [0.29, 0.717) is 31.2 Å². The third kappa shape index (κ3) is 3.82. The lowest BCUT2D eigenvalue weighted by Gasteiger charge is -2.25. The molecule has 7 heteroatoms. The lowest BCUT2D eigenvalue weighted by molar-refractivity contribution is -0.126. The zero-order valence-electron chi connectivity index (χ0n) is 14.7. The lowest BCUT2D eigenvalue weighted by Crippen LogP contribution is -2.37. The Bertz CT molecular complexity index is 825. The highest BCUT2D eigenvalue weighted by molar-refractivity contribution is 5.88. The largest absolute Gasteiger partial charge is 0.494 e. The van der Waals surface area contributed by atoms with Gasteiger partial charge in [0.1, 0.15) is 35.2 Å². The normalized spacial score (nSPS) is 15.7. The van der Waals surface area contributed by atoms with Crippen molar-refractivity contribution < 1.29 is 28.6 Å². The number of aromatic carboxylic acids is 1. The number of benzene rings is 1. The van der Waals surface area contributed by atoms with Gasteiger partial charge >= 0.3 is 5.97 Å². The second kappa shape index (κ2) is 7.51. The fraction of sp³-hybridized carbons (Fsp3) is 0.368. The summed E-state index contributed by atoms with van der Waals surface area (Å²) in [5, 5.41) is 11.8. The van der Waals surface area contributed by atoms with Gasteiger partial charge in [-0.25, -0.2) is 4.79 Å². The molecule has 2 aromatic rings. The lowest BCUT2D eigenvalue weighted by atomic mass is 9.96. The number of ether oxygens (including phenoxy) is 2. The molecule has 0 fully saturated rings. The van der Waals surface area contributed by atoms with Crippen LogP contribution in [0.15, 0.2) is 28.7 Å². The van der Waals surface area contributed by atoms with E-state index in [0.717, 1.165) is 17.1 Å². The minimum atomic E-state index is -1.05. The van der Waals surface area contributed by atoms with Gasteiger partial charge in [0.15, 0.2) is 0 Å². The molecular formula is C19H21NO6. The Balaban J connectivity index is 1.61. The molecule has 7 nitrogen and oxygen atoms in total. The monoisotopic (exact) mass is 359 g/mol. The van der Waals surface area contributed by atoms with E-state index >= 15 is 0 Å². The van der Waals surface area contributed by atoms with Crippen LogP contribution in [0.4, 0.5) is 0 Å². The fourth-order valence-corrected chi connectivity index (χ4v) is 2.96. The second-order valence-corrected chi connectivity index (χ2v) is 6.12. The van der Waals surface area contributed by atoms with Crippen LogP contribution in [0.5, 0.6) is 11.5 Å². The average Bonchev–Trinajstić information content (AvgIpc) is 3.00. The Morgan fingerprint density at radius 1 is 1.35 bits per heavy atom. The van der Waals surface area contributed by atoms with Crippen LogP contribution < -0.4 is 14.8 Å². The van der Waals surface area contributed by atoms with Gasteiger partial charge in [0.2, 0.25) is 5.91 Å². The number of carbonyl (C=O) groups is 2. The van der Waals surface area contributed by atoms with Crippen molar-refractivity contribution in [3.8, 4) is 11.5 Å². The van der Waals surface area contributed by atoms with E-state index in [2.05, 4.69) is 5.32 Å². The maximum atomic E-state index is 12.4. The molecule has 1 aliphatic heterocycles. The summed E-state index contributed by atoms with van der Waals surface area (Å²) in [5.41, 5.74) is 1.04. The molecule has 2 heterocycles. The number of furan rings is 1. The number of fused-ring (bicyclic) bond motifs is 1. The number of aryl methyl sites for hydroxylation is 1. The van der Waals surface area contributed by atoms with E-state index in [1.54, 1.807) is 6.92 Å². The highest BCUT2D eigenvalue weighted by atomic mass is 16.5. The molecule has 1 amide bonds. The molecule has 1 aromatic heterocycles. The molecule has 0 aliphatic carbocycles. The first kappa shape index (κ1) is 17.8. The van der Waals surface area contributed by atoms with Crippen LogP contribution in [-0.4, -0.2) is 30.2 Å². The van der Waals surface area contributed by atoms with Gasteiger partial charge in [-0.3, -0.25) is 4.79 Å². The Labute approximate surface area is 150 Å². The summed E-state index contributed by atoms with van der Waals surface area (Å²) >= 11 is 0. The number of carboxylic acid groups (broad SMARTS) is 1. The summed E-state index contributed by atoms with van der Waals surface area (Å²) in [7, 11) is 0. The number of carbonyl (C=O) groups excluding carboxylic acids is 1. The van der Waals surface area contributed by atoms with Gasteiger partial charge in [0, 0.05) is 0 Å². The number of amides is 1. The molecule has 1 atom stereocenters. The Morgan fingerprint density at radius 3 is 2.85 bits per heavy atom. The van der Waals surface area contributed by atoms with Crippen molar-refractivity contribution >= 4 is 11.9 Å². The maximum absolute atomic E-state index is 12.4. The van der Waals surface area contributed by atoms with E-state index in [9.17, 15) is 9.59 Å². The van der Waals surface area contributed by atoms with Crippen LogP contribution in [-0.2, 0) is 17.8 Å².